The lowest BCUT2D eigenvalue weighted by Crippen LogP contribution is -2.64. The molecule has 4 fully saturated rings. The molecule has 5 nitrogen and oxygen atoms in total. The largest absolute Gasteiger partial charge is 0.393 e. The van der Waals surface area contributed by atoms with E-state index in [4.69, 9.17) is 4.74 Å². The molecule has 0 aromatic heterocycles. The van der Waals surface area contributed by atoms with Crippen molar-refractivity contribution in [2.24, 2.45) is 34.5 Å². The molecule has 4 aliphatic rings. The van der Waals surface area contributed by atoms with Crippen molar-refractivity contribution in [3.63, 3.8) is 0 Å². The number of aliphatic hydroxyl groups excluding tert-OH is 4. The van der Waals surface area contributed by atoms with Gasteiger partial charge in [-0.05, 0) is 79.4 Å². The predicted octanol–water partition coefficient (Wildman–Crippen LogP) is 1.67. The SMILES string of the molecule is C[C@]12CCC3C(C1CCC2OCO)[C@H](O)[C@H](O)C1C[C@H](O)CC[C@]31C. The summed E-state index contributed by atoms with van der Waals surface area (Å²) in [5.41, 5.74) is -0.0260. The Morgan fingerprint density at radius 2 is 1.52 bits per heavy atom. The van der Waals surface area contributed by atoms with E-state index < -0.39 is 12.2 Å². The smallest absolute Gasteiger partial charge is 0.143 e. The van der Waals surface area contributed by atoms with E-state index >= 15 is 0 Å². The van der Waals surface area contributed by atoms with Gasteiger partial charge >= 0.3 is 0 Å². The molecule has 4 aliphatic carbocycles. The number of hydrogen-bond acceptors (Lipinski definition) is 5. The van der Waals surface area contributed by atoms with Crippen molar-refractivity contribution in [2.45, 2.75) is 83.2 Å². The van der Waals surface area contributed by atoms with E-state index in [1.807, 2.05) is 0 Å². The molecule has 0 amide bonds. The van der Waals surface area contributed by atoms with Crippen LogP contribution in [0.15, 0.2) is 0 Å². The normalized spacial score (nSPS) is 58.3. The number of fused-ring (bicyclic) bond motifs is 5. The minimum absolute atomic E-state index is 0.000203. The van der Waals surface area contributed by atoms with Gasteiger partial charge in [-0.25, -0.2) is 0 Å². The lowest BCUT2D eigenvalue weighted by atomic mass is 9.43. The van der Waals surface area contributed by atoms with Gasteiger partial charge in [0.25, 0.3) is 0 Å². The minimum Gasteiger partial charge on any atom is -0.393 e. The molecule has 4 rings (SSSR count). The second-order valence-corrected chi connectivity index (χ2v) is 9.72. The summed E-state index contributed by atoms with van der Waals surface area (Å²) >= 11 is 0. The predicted molar refractivity (Wildman–Crippen MR) is 92.5 cm³/mol. The molecule has 4 N–H and O–H groups in total. The molecular weight excluding hydrogens is 320 g/mol. The molecule has 0 aromatic carbocycles. The van der Waals surface area contributed by atoms with E-state index in [9.17, 15) is 20.4 Å². The second-order valence-electron chi connectivity index (χ2n) is 9.72. The van der Waals surface area contributed by atoms with Gasteiger partial charge in [-0.2, -0.15) is 0 Å². The van der Waals surface area contributed by atoms with Crippen LogP contribution in [0.2, 0.25) is 0 Å². The van der Waals surface area contributed by atoms with E-state index in [1.165, 1.54) is 0 Å². The highest BCUT2D eigenvalue weighted by atomic mass is 16.6. The van der Waals surface area contributed by atoms with Gasteiger partial charge in [0, 0.05) is 0 Å². The van der Waals surface area contributed by atoms with Gasteiger partial charge in [-0.1, -0.05) is 13.8 Å². The van der Waals surface area contributed by atoms with Gasteiger partial charge in [0.2, 0.25) is 0 Å². The third kappa shape index (κ3) is 2.46. The summed E-state index contributed by atoms with van der Waals surface area (Å²) in [5.74, 6) is 0.812. The Labute approximate surface area is 150 Å². The first-order valence-electron chi connectivity index (χ1n) is 10.1. The zero-order chi connectivity index (χ0) is 18.0. The lowest BCUT2D eigenvalue weighted by Gasteiger charge is -2.63. The van der Waals surface area contributed by atoms with Crippen molar-refractivity contribution in [1.82, 2.24) is 0 Å². The fraction of sp³-hybridized carbons (Fsp3) is 1.00. The van der Waals surface area contributed by atoms with Crippen LogP contribution in [0.4, 0.5) is 0 Å². The highest BCUT2D eigenvalue weighted by Gasteiger charge is 2.65. The minimum atomic E-state index is -0.749. The average molecular weight is 354 g/mol. The van der Waals surface area contributed by atoms with E-state index in [-0.39, 0.29) is 41.7 Å². The molecule has 0 radical (unpaired) electrons. The van der Waals surface area contributed by atoms with Gasteiger partial charge < -0.3 is 25.2 Å². The maximum absolute atomic E-state index is 11.1. The van der Waals surface area contributed by atoms with E-state index in [0.717, 1.165) is 38.5 Å². The standard InChI is InChI=1S/C20H34O5/c1-19-7-5-11(22)9-14(19)17(23)18(24)16-12-3-4-15(25-10-21)20(12,2)8-6-13(16)19/h11-18,21-24H,3-10H2,1-2H3/t11-,12?,13?,14?,15?,16?,17-,18+,19-,20+/m1/s1. The van der Waals surface area contributed by atoms with Crippen molar-refractivity contribution in [3.8, 4) is 0 Å². The van der Waals surface area contributed by atoms with E-state index in [1.54, 1.807) is 0 Å². The van der Waals surface area contributed by atoms with Gasteiger partial charge in [0.05, 0.1) is 24.4 Å². The van der Waals surface area contributed by atoms with Gasteiger partial charge in [-0.3, -0.25) is 0 Å². The number of rotatable bonds is 2. The second kappa shape index (κ2) is 6.16. The summed E-state index contributed by atoms with van der Waals surface area (Å²) < 4.78 is 5.64. The molecule has 0 heterocycles. The maximum atomic E-state index is 11.1. The van der Waals surface area contributed by atoms with E-state index in [0.29, 0.717) is 18.3 Å². The van der Waals surface area contributed by atoms with Crippen molar-refractivity contribution in [2.75, 3.05) is 6.79 Å². The van der Waals surface area contributed by atoms with Crippen LogP contribution in [0.3, 0.4) is 0 Å². The number of hydrogen-bond donors (Lipinski definition) is 4. The third-order valence-electron chi connectivity index (χ3n) is 8.91. The number of ether oxygens (including phenoxy) is 1. The summed E-state index contributed by atoms with van der Waals surface area (Å²) in [4.78, 5) is 0. The van der Waals surface area contributed by atoms with Gasteiger partial charge in [0.15, 0.2) is 0 Å². The number of aliphatic hydroxyl groups is 4. The fourth-order valence-electron chi connectivity index (χ4n) is 7.55. The highest BCUT2D eigenvalue weighted by molar-refractivity contribution is 5.14. The Kier molecular flexibility index (Phi) is 4.48. The molecule has 0 saturated heterocycles. The van der Waals surface area contributed by atoms with Crippen LogP contribution < -0.4 is 0 Å². The van der Waals surface area contributed by atoms with Crippen LogP contribution in [-0.4, -0.2) is 51.6 Å². The Morgan fingerprint density at radius 1 is 0.840 bits per heavy atom. The highest BCUT2D eigenvalue weighted by Crippen LogP contribution is 2.66. The first-order chi connectivity index (χ1) is 11.8. The topological polar surface area (TPSA) is 90.2 Å². The molecule has 0 aliphatic heterocycles. The summed E-state index contributed by atoms with van der Waals surface area (Å²) in [6, 6.07) is 0. The summed E-state index contributed by atoms with van der Waals surface area (Å²) in [7, 11) is 0. The molecule has 5 unspecified atom stereocenters. The van der Waals surface area contributed by atoms with Crippen LogP contribution in [0.1, 0.15) is 58.8 Å². The molecule has 5 heteroatoms. The Hall–Kier alpha value is -0.200. The van der Waals surface area contributed by atoms with E-state index in [2.05, 4.69) is 13.8 Å². The zero-order valence-corrected chi connectivity index (χ0v) is 15.5. The molecule has 0 bridgehead atoms. The molecule has 10 atom stereocenters. The first kappa shape index (κ1) is 18.2. The van der Waals surface area contributed by atoms with Gasteiger partial charge in [0.1, 0.15) is 6.79 Å². The Bertz CT molecular complexity index is 512. The molecule has 4 saturated carbocycles. The van der Waals surface area contributed by atoms with Crippen LogP contribution >= 0.6 is 0 Å². The third-order valence-corrected chi connectivity index (χ3v) is 8.91. The van der Waals surface area contributed by atoms with Crippen molar-refractivity contribution in [1.29, 1.82) is 0 Å². The van der Waals surface area contributed by atoms with Crippen LogP contribution in [0.25, 0.3) is 0 Å². The van der Waals surface area contributed by atoms with Crippen molar-refractivity contribution in [3.05, 3.63) is 0 Å². The van der Waals surface area contributed by atoms with Crippen LogP contribution in [-0.2, 0) is 4.74 Å². The maximum Gasteiger partial charge on any atom is 0.143 e. The van der Waals surface area contributed by atoms with Crippen LogP contribution in [0.5, 0.6) is 0 Å². The fourth-order valence-corrected chi connectivity index (χ4v) is 7.55. The molecule has 25 heavy (non-hydrogen) atoms. The Balaban J connectivity index is 1.67. The van der Waals surface area contributed by atoms with Crippen LogP contribution in [0, 0.1) is 34.5 Å². The lowest BCUT2D eigenvalue weighted by molar-refractivity contribution is -0.228. The molecule has 0 aromatic rings. The molecular formula is C20H34O5. The summed E-state index contributed by atoms with van der Waals surface area (Å²) in [6.07, 6.45) is 4.59. The monoisotopic (exact) mass is 354 g/mol. The van der Waals surface area contributed by atoms with Crippen molar-refractivity contribution < 1.29 is 25.2 Å². The zero-order valence-electron chi connectivity index (χ0n) is 15.5. The average Bonchev–Trinajstić information content (AvgIpc) is 2.91. The molecule has 144 valence electrons. The first-order valence-corrected chi connectivity index (χ1v) is 10.1. The Morgan fingerprint density at radius 3 is 2.24 bits per heavy atom. The van der Waals surface area contributed by atoms with Gasteiger partial charge in [-0.15, -0.1) is 0 Å². The summed E-state index contributed by atoms with van der Waals surface area (Å²) in [5, 5.41) is 41.4. The quantitative estimate of drug-likeness (QED) is 0.566. The van der Waals surface area contributed by atoms with Crippen molar-refractivity contribution >= 4 is 0 Å². The molecule has 0 spiro atoms. The summed E-state index contributed by atoms with van der Waals surface area (Å²) in [6.45, 7) is 4.29.